The van der Waals surface area contributed by atoms with Gasteiger partial charge >= 0.3 is 0 Å². The van der Waals surface area contributed by atoms with Gasteiger partial charge in [0.15, 0.2) is 5.82 Å². The number of aromatic amines is 1. The van der Waals surface area contributed by atoms with E-state index in [1.807, 2.05) is 19.1 Å². The summed E-state index contributed by atoms with van der Waals surface area (Å²) in [6.07, 6.45) is 6.14. The summed E-state index contributed by atoms with van der Waals surface area (Å²) in [5.74, 6) is 0.390. The molecule has 1 saturated carbocycles. The SMILES string of the molecule is CCc1cccnc1C(=O)NC1(c2nn[nH]n2)CCCC1. The molecule has 21 heavy (non-hydrogen) atoms. The predicted octanol–water partition coefficient (Wildman–Crippen LogP) is 1.36. The van der Waals surface area contributed by atoms with Crippen LogP contribution in [0.15, 0.2) is 18.3 Å². The van der Waals surface area contributed by atoms with Crippen molar-refractivity contribution < 1.29 is 4.79 Å². The average Bonchev–Trinajstić information content (AvgIpc) is 3.19. The first kappa shape index (κ1) is 13.7. The van der Waals surface area contributed by atoms with Gasteiger partial charge in [0.2, 0.25) is 0 Å². The highest BCUT2D eigenvalue weighted by Gasteiger charge is 2.41. The highest BCUT2D eigenvalue weighted by Crippen LogP contribution is 2.36. The summed E-state index contributed by atoms with van der Waals surface area (Å²) in [7, 11) is 0. The summed E-state index contributed by atoms with van der Waals surface area (Å²) in [4.78, 5) is 16.8. The van der Waals surface area contributed by atoms with Gasteiger partial charge in [0.05, 0.1) is 0 Å². The second-order valence-electron chi connectivity index (χ2n) is 5.34. The second kappa shape index (κ2) is 5.59. The number of pyridine rings is 1. The van der Waals surface area contributed by atoms with Gasteiger partial charge in [-0.15, -0.1) is 10.2 Å². The molecule has 110 valence electrons. The summed E-state index contributed by atoms with van der Waals surface area (Å²) < 4.78 is 0. The van der Waals surface area contributed by atoms with Gasteiger partial charge in [0, 0.05) is 6.20 Å². The van der Waals surface area contributed by atoms with Crippen LogP contribution in [0.2, 0.25) is 0 Å². The minimum Gasteiger partial charge on any atom is -0.338 e. The van der Waals surface area contributed by atoms with Crippen molar-refractivity contribution in [2.75, 3.05) is 0 Å². The minimum absolute atomic E-state index is 0.167. The van der Waals surface area contributed by atoms with Gasteiger partial charge in [-0.2, -0.15) is 5.21 Å². The molecular weight excluding hydrogens is 268 g/mol. The van der Waals surface area contributed by atoms with Crippen LogP contribution in [0.25, 0.3) is 0 Å². The van der Waals surface area contributed by atoms with Crippen molar-refractivity contribution >= 4 is 5.91 Å². The van der Waals surface area contributed by atoms with Crippen LogP contribution in [0.1, 0.15) is 54.5 Å². The average molecular weight is 286 g/mol. The number of carbonyl (C=O) groups is 1. The molecule has 0 unspecified atom stereocenters. The number of hydrogen-bond donors (Lipinski definition) is 2. The monoisotopic (exact) mass is 286 g/mol. The van der Waals surface area contributed by atoms with E-state index in [9.17, 15) is 4.79 Å². The zero-order valence-corrected chi connectivity index (χ0v) is 12.0. The van der Waals surface area contributed by atoms with E-state index in [-0.39, 0.29) is 5.91 Å². The summed E-state index contributed by atoms with van der Waals surface area (Å²) in [6, 6.07) is 3.78. The smallest absolute Gasteiger partial charge is 0.270 e. The third kappa shape index (κ3) is 2.51. The summed E-state index contributed by atoms with van der Waals surface area (Å²) in [5, 5.41) is 17.3. The Morgan fingerprint density at radius 2 is 2.24 bits per heavy atom. The number of rotatable bonds is 4. The lowest BCUT2D eigenvalue weighted by atomic mass is 9.96. The number of carbonyl (C=O) groups excluding carboxylic acids is 1. The van der Waals surface area contributed by atoms with Gasteiger partial charge in [-0.1, -0.05) is 31.0 Å². The van der Waals surface area contributed by atoms with Crippen molar-refractivity contribution in [2.24, 2.45) is 0 Å². The fraction of sp³-hybridized carbons (Fsp3) is 0.500. The molecule has 0 spiro atoms. The first-order valence-electron chi connectivity index (χ1n) is 7.25. The van der Waals surface area contributed by atoms with Crippen LogP contribution >= 0.6 is 0 Å². The Bertz CT molecular complexity index is 618. The first-order chi connectivity index (χ1) is 10.2. The largest absolute Gasteiger partial charge is 0.338 e. The quantitative estimate of drug-likeness (QED) is 0.884. The number of aromatic nitrogens is 5. The number of nitrogens with zero attached hydrogens (tertiary/aromatic N) is 4. The number of hydrogen-bond acceptors (Lipinski definition) is 5. The van der Waals surface area contributed by atoms with Crippen LogP contribution < -0.4 is 5.32 Å². The lowest BCUT2D eigenvalue weighted by Gasteiger charge is -2.26. The Hall–Kier alpha value is -2.31. The molecule has 2 aromatic rings. The van der Waals surface area contributed by atoms with E-state index in [1.165, 1.54) is 0 Å². The van der Waals surface area contributed by atoms with Crippen LogP contribution in [0.4, 0.5) is 0 Å². The van der Waals surface area contributed by atoms with E-state index in [0.717, 1.165) is 37.7 Å². The molecule has 0 saturated heterocycles. The van der Waals surface area contributed by atoms with Gasteiger partial charge < -0.3 is 5.32 Å². The normalized spacial score (nSPS) is 16.8. The third-order valence-electron chi connectivity index (χ3n) is 4.07. The third-order valence-corrected chi connectivity index (χ3v) is 4.07. The predicted molar refractivity (Wildman–Crippen MR) is 75.4 cm³/mol. The van der Waals surface area contributed by atoms with Crippen LogP contribution in [-0.2, 0) is 12.0 Å². The molecule has 1 fully saturated rings. The molecule has 1 aliphatic carbocycles. The molecule has 7 nitrogen and oxygen atoms in total. The molecule has 2 heterocycles. The van der Waals surface area contributed by atoms with E-state index in [2.05, 4.69) is 30.9 Å². The lowest BCUT2D eigenvalue weighted by Crippen LogP contribution is -2.45. The standard InChI is InChI=1S/C14H18N6O/c1-2-10-6-5-9-15-11(10)12(21)16-14(7-3-4-8-14)13-17-19-20-18-13/h5-6,9H,2-4,7-8H2,1H3,(H,16,21)(H,17,18,19,20). The Morgan fingerprint density at radius 3 is 2.90 bits per heavy atom. The van der Waals surface area contributed by atoms with Gasteiger partial charge in [-0.25, -0.2) is 0 Å². The van der Waals surface area contributed by atoms with Crippen LogP contribution in [0.3, 0.4) is 0 Å². The van der Waals surface area contributed by atoms with Gasteiger partial charge in [-0.3, -0.25) is 9.78 Å². The summed E-state index contributed by atoms with van der Waals surface area (Å²) in [5.41, 5.74) is 0.901. The topological polar surface area (TPSA) is 96.5 Å². The number of H-pyrrole nitrogens is 1. The molecule has 1 amide bonds. The van der Waals surface area contributed by atoms with Crippen molar-refractivity contribution in [3.8, 4) is 0 Å². The van der Waals surface area contributed by atoms with Crippen molar-refractivity contribution in [1.29, 1.82) is 0 Å². The van der Waals surface area contributed by atoms with Crippen molar-refractivity contribution in [2.45, 2.75) is 44.6 Å². The number of amides is 1. The molecule has 0 radical (unpaired) electrons. The zero-order valence-electron chi connectivity index (χ0n) is 12.0. The highest BCUT2D eigenvalue weighted by atomic mass is 16.2. The Kier molecular flexibility index (Phi) is 3.64. The number of aryl methyl sites for hydroxylation is 1. The summed E-state index contributed by atoms with van der Waals surface area (Å²) >= 11 is 0. The first-order valence-corrected chi connectivity index (χ1v) is 7.25. The maximum absolute atomic E-state index is 12.6. The van der Waals surface area contributed by atoms with Crippen molar-refractivity contribution in [1.82, 2.24) is 30.9 Å². The van der Waals surface area contributed by atoms with Gasteiger partial charge in [0.25, 0.3) is 5.91 Å². The Balaban J connectivity index is 1.88. The zero-order chi connectivity index (χ0) is 14.7. The van der Waals surface area contributed by atoms with E-state index >= 15 is 0 Å². The fourth-order valence-corrected chi connectivity index (χ4v) is 2.95. The lowest BCUT2D eigenvalue weighted by molar-refractivity contribution is 0.0887. The maximum atomic E-state index is 12.6. The molecule has 3 rings (SSSR count). The molecule has 0 aliphatic heterocycles. The molecular formula is C14H18N6O. The number of tetrazole rings is 1. The van der Waals surface area contributed by atoms with E-state index < -0.39 is 5.54 Å². The van der Waals surface area contributed by atoms with Crippen molar-refractivity contribution in [3.63, 3.8) is 0 Å². The van der Waals surface area contributed by atoms with E-state index in [0.29, 0.717) is 11.5 Å². The molecule has 2 N–H and O–H groups in total. The van der Waals surface area contributed by atoms with Crippen LogP contribution in [0.5, 0.6) is 0 Å². The molecule has 1 aliphatic rings. The summed E-state index contributed by atoms with van der Waals surface area (Å²) in [6.45, 7) is 2.01. The molecule has 0 aromatic carbocycles. The van der Waals surface area contributed by atoms with Crippen LogP contribution in [0, 0.1) is 0 Å². The highest BCUT2D eigenvalue weighted by molar-refractivity contribution is 5.94. The van der Waals surface area contributed by atoms with Crippen LogP contribution in [-0.4, -0.2) is 31.5 Å². The Labute approximate surface area is 122 Å². The molecule has 7 heteroatoms. The van der Waals surface area contributed by atoms with Crippen molar-refractivity contribution in [3.05, 3.63) is 35.4 Å². The van der Waals surface area contributed by atoms with Gasteiger partial charge in [-0.05, 0) is 30.9 Å². The van der Waals surface area contributed by atoms with E-state index in [4.69, 9.17) is 0 Å². The van der Waals surface area contributed by atoms with Gasteiger partial charge in [0.1, 0.15) is 11.2 Å². The number of nitrogens with one attached hydrogen (secondary N) is 2. The second-order valence-corrected chi connectivity index (χ2v) is 5.34. The molecule has 0 bridgehead atoms. The fourth-order valence-electron chi connectivity index (χ4n) is 2.95. The maximum Gasteiger partial charge on any atom is 0.270 e. The minimum atomic E-state index is -0.521. The Morgan fingerprint density at radius 1 is 1.43 bits per heavy atom. The molecule has 2 aromatic heterocycles. The van der Waals surface area contributed by atoms with E-state index in [1.54, 1.807) is 6.20 Å². The molecule has 0 atom stereocenters.